The number of nitrogens with zero attached hydrogens (tertiary/aromatic N) is 2. The van der Waals surface area contributed by atoms with Gasteiger partial charge in [-0.15, -0.1) is 0 Å². The standard InChI is InChI=1S/C22H19F3N4O2/c23-22(24,25)13-7-2-1-6-12(13)19-18-15(9-5-10-16(18)30)26-20(28-19)29-21-27-14-8-3-4-11-17(14)31-21/h1-4,6-8,11,15,18-19H,5,9-10H2,(H2,26,27,28,29). The maximum Gasteiger partial charge on any atom is 0.416 e. The number of carbonyl (C=O) groups is 1. The molecule has 0 amide bonds. The molecular formula is C22H19F3N4O2. The molecular weight excluding hydrogens is 409 g/mol. The minimum absolute atomic E-state index is 0.00128. The third-order valence-corrected chi connectivity index (χ3v) is 5.78. The predicted molar refractivity (Wildman–Crippen MR) is 109 cm³/mol. The van der Waals surface area contributed by atoms with Crippen LogP contribution in [-0.4, -0.2) is 22.8 Å². The Morgan fingerprint density at radius 2 is 1.87 bits per heavy atom. The summed E-state index contributed by atoms with van der Waals surface area (Å²) >= 11 is 0. The number of halogens is 3. The quantitative estimate of drug-likeness (QED) is 0.619. The summed E-state index contributed by atoms with van der Waals surface area (Å²) in [5.41, 5.74) is 0.444. The second-order valence-corrected chi connectivity index (χ2v) is 7.75. The molecule has 2 heterocycles. The van der Waals surface area contributed by atoms with Crippen molar-refractivity contribution >= 4 is 28.9 Å². The first-order valence-electron chi connectivity index (χ1n) is 10.1. The second kappa shape index (κ2) is 7.40. The smallest absolute Gasteiger partial charge is 0.416 e. The Morgan fingerprint density at radius 3 is 2.68 bits per heavy atom. The predicted octanol–water partition coefficient (Wildman–Crippen LogP) is 4.70. The fourth-order valence-corrected chi connectivity index (χ4v) is 4.43. The molecule has 3 aromatic rings. The van der Waals surface area contributed by atoms with Crippen LogP contribution in [0, 0.1) is 5.92 Å². The Labute approximate surface area is 175 Å². The highest BCUT2D eigenvalue weighted by molar-refractivity contribution is 5.95. The number of oxazole rings is 1. The number of nitrogens with one attached hydrogen (secondary N) is 2. The zero-order valence-electron chi connectivity index (χ0n) is 16.3. The normalized spacial score (nSPS) is 23.8. The van der Waals surface area contributed by atoms with Crippen LogP contribution in [0.25, 0.3) is 11.1 Å². The van der Waals surface area contributed by atoms with Crippen molar-refractivity contribution in [3.63, 3.8) is 0 Å². The Balaban J connectivity index is 1.56. The van der Waals surface area contributed by atoms with Crippen molar-refractivity contribution in [3.8, 4) is 0 Å². The van der Waals surface area contributed by atoms with Crippen LogP contribution in [0.1, 0.15) is 36.4 Å². The largest absolute Gasteiger partial charge is 0.423 e. The molecule has 2 N–H and O–H groups in total. The van der Waals surface area contributed by atoms with Crippen LogP contribution >= 0.6 is 0 Å². The van der Waals surface area contributed by atoms with Crippen LogP contribution in [0.2, 0.25) is 0 Å². The van der Waals surface area contributed by atoms with Gasteiger partial charge in [0.15, 0.2) is 11.5 Å². The van der Waals surface area contributed by atoms with E-state index in [-0.39, 0.29) is 29.4 Å². The van der Waals surface area contributed by atoms with Gasteiger partial charge in [0.2, 0.25) is 0 Å². The van der Waals surface area contributed by atoms with E-state index in [0.29, 0.717) is 30.4 Å². The highest BCUT2D eigenvalue weighted by Gasteiger charge is 2.45. The molecule has 31 heavy (non-hydrogen) atoms. The number of carbonyl (C=O) groups excluding carboxylic acids is 1. The minimum atomic E-state index is -4.54. The van der Waals surface area contributed by atoms with Gasteiger partial charge in [-0.1, -0.05) is 30.3 Å². The van der Waals surface area contributed by atoms with E-state index in [1.165, 1.54) is 12.1 Å². The first-order chi connectivity index (χ1) is 14.9. The van der Waals surface area contributed by atoms with Crippen LogP contribution in [0.4, 0.5) is 19.2 Å². The summed E-state index contributed by atoms with van der Waals surface area (Å²) in [6.07, 6.45) is -2.86. The number of aromatic nitrogens is 1. The van der Waals surface area contributed by atoms with Gasteiger partial charge in [-0.05, 0) is 36.6 Å². The lowest BCUT2D eigenvalue weighted by Gasteiger charge is -2.40. The van der Waals surface area contributed by atoms with E-state index in [2.05, 4.69) is 20.6 Å². The fourth-order valence-electron chi connectivity index (χ4n) is 4.43. The zero-order valence-corrected chi connectivity index (χ0v) is 16.3. The van der Waals surface area contributed by atoms with E-state index >= 15 is 0 Å². The molecule has 3 atom stereocenters. The highest BCUT2D eigenvalue weighted by Crippen LogP contribution is 2.43. The number of benzene rings is 2. The maximum absolute atomic E-state index is 13.7. The van der Waals surface area contributed by atoms with Gasteiger partial charge in [0.05, 0.1) is 17.5 Å². The first-order valence-corrected chi connectivity index (χ1v) is 10.1. The van der Waals surface area contributed by atoms with Gasteiger partial charge in [0.1, 0.15) is 11.3 Å². The van der Waals surface area contributed by atoms with E-state index in [1.807, 2.05) is 12.1 Å². The average Bonchev–Trinajstić information content (AvgIpc) is 3.15. The van der Waals surface area contributed by atoms with Crippen molar-refractivity contribution in [3.05, 3.63) is 59.7 Å². The van der Waals surface area contributed by atoms with E-state index in [4.69, 9.17) is 4.42 Å². The summed E-state index contributed by atoms with van der Waals surface area (Å²) in [4.78, 5) is 21.5. The van der Waals surface area contributed by atoms with Crippen molar-refractivity contribution in [1.82, 2.24) is 10.3 Å². The molecule has 0 radical (unpaired) electrons. The van der Waals surface area contributed by atoms with Gasteiger partial charge in [-0.3, -0.25) is 10.1 Å². The van der Waals surface area contributed by atoms with Gasteiger partial charge in [-0.25, -0.2) is 4.99 Å². The van der Waals surface area contributed by atoms with Crippen LogP contribution in [-0.2, 0) is 11.0 Å². The number of ketones is 1. The maximum atomic E-state index is 13.7. The monoisotopic (exact) mass is 428 g/mol. The number of para-hydroxylation sites is 2. The number of hydrogen-bond donors (Lipinski definition) is 2. The van der Waals surface area contributed by atoms with Crippen molar-refractivity contribution in [2.75, 3.05) is 5.32 Å². The molecule has 6 nitrogen and oxygen atoms in total. The third-order valence-electron chi connectivity index (χ3n) is 5.78. The molecule has 5 rings (SSSR count). The number of anilines is 1. The second-order valence-electron chi connectivity index (χ2n) is 7.75. The zero-order chi connectivity index (χ0) is 21.6. The van der Waals surface area contributed by atoms with Gasteiger partial charge in [-0.2, -0.15) is 18.2 Å². The molecule has 1 fully saturated rings. The van der Waals surface area contributed by atoms with Crippen molar-refractivity contribution < 1.29 is 22.4 Å². The molecule has 2 aromatic carbocycles. The molecule has 1 aliphatic carbocycles. The number of guanidine groups is 1. The van der Waals surface area contributed by atoms with E-state index in [1.54, 1.807) is 18.2 Å². The van der Waals surface area contributed by atoms with E-state index in [0.717, 1.165) is 6.07 Å². The summed E-state index contributed by atoms with van der Waals surface area (Å²) in [5, 5.41) is 6.12. The van der Waals surface area contributed by atoms with Crippen molar-refractivity contribution in [2.45, 2.75) is 37.5 Å². The number of fused-ring (bicyclic) bond motifs is 2. The molecule has 160 valence electrons. The Kier molecular flexibility index (Phi) is 4.68. The van der Waals surface area contributed by atoms with Crippen LogP contribution in [0.3, 0.4) is 0 Å². The Bertz CT molecular complexity index is 1140. The summed E-state index contributed by atoms with van der Waals surface area (Å²) in [7, 11) is 0. The number of hydrogen-bond acceptors (Lipinski definition) is 6. The van der Waals surface area contributed by atoms with Gasteiger partial charge in [0, 0.05) is 12.5 Å². The lowest BCUT2D eigenvalue weighted by Crippen LogP contribution is -2.53. The van der Waals surface area contributed by atoms with Crippen LogP contribution in [0.5, 0.6) is 0 Å². The molecule has 1 saturated carbocycles. The molecule has 2 aliphatic rings. The number of alkyl halides is 3. The topological polar surface area (TPSA) is 79.5 Å². The first kappa shape index (κ1) is 19.6. The number of aliphatic imine (C=N–C) groups is 1. The lowest BCUT2D eigenvalue weighted by molar-refractivity contribution is -0.139. The van der Waals surface area contributed by atoms with Crippen molar-refractivity contribution in [2.24, 2.45) is 10.9 Å². The molecule has 0 bridgehead atoms. The SMILES string of the molecule is O=C1CCCC2NC(Nc3nc4ccccc4o3)=NC(c3ccccc3C(F)(F)F)C12. The molecule has 3 unspecified atom stereocenters. The summed E-state index contributed by atoms with van der Waals surface area (Å²) in [5.74, 6) is -0.494. The summed E-state index contributed by atoms with van der Waals surface area (Å²) in [6, 6.07) is 11.4. The molecule has 0 spiro atoms. The van der Waals surface area contributed by atoms with Crippen LogP contribution in [0.15, 0.2) is 57.9 Å². The molecule has 1 aliphatic heterocycles. The van der Waals surface area contributed by atoms with Crippen LogP contribution < -0.4 is 10.6 Å². The summed E-state index contributed by atoms with van der Waals surface area (Å²) < 4.78 is 46.7. The minimum Gasteiger partial charge on any atom is -0.423 e. The Hall–Kier alpha value is -3.36. The molecule has 1 aromatic heterocycles. The Morgan fingerprint density at radius 1 is 1.10 bits per heavy atom. The van der Waals surface area contributed by atoms with Gasteiger partial charge in [0.25, 0.3) is 0 Å². The van der Waals surface area contributed by atoms with E-state index < -0.39 is 23.7 Å². The van der Waals surface area contributed by atoms with Gasteiger partial charge < -0.3 is 9.73 Å². The molecule has 9 heteroatoms. The van der Waals surface area contributed by atoms with Gasteiger partial charge >= 0.3 is 12.2 Å². The van der Waals surface area contributed by atoms with E-state index in [9.17, 15) is 18.0 Å². The lowest BCUT2D eigenvalue weighted by atomic mass is 9.75. The average molecular weight is 428 g/mol. The highest BCUT2D eigenvalue weighted by atomic mass is 19.4. The molecule has 0 saturated heterocycles. The third kappa shape index (κ3) is 3.64. The number of Topliss-reactive ketones (excluding diaryl/α,β-unsaturated/α-hetero) is 1. The number of rotatable bonds is 2. The fraction of sp³-hybridized carbons (Fsp3) is 0.318. The van der Waals surface area contributed by atoms with Crippen molar-refractivity contribution in [1.29, 1.82) is 0 Å². The summed E-state index contributed by atoms with van der Waals surface area (Å²) in [6.45, 7) is 0.